The average molecular weight is 250 g/mol. The molecule has 18 heavy (non-hydrogen) atoms. The van der Waals surface area contributed by atoms with E-state index in [1.807, 2.05) is 0 Å². The standard InChI is InChI=1S/C12H18N4O2/c13-11(17)7-3-4-8-15-12(18)9-5-1-2-6-10(9)16-14/h1-2,5-6,16H,3-4,7-8,14H2,(H2,13,17)(H,15,18). The van der Waals surface area contributed by atoms with Crippen molar-refractivity contribution in [2.24, 2.45) is 11.6 Å². The van der Waals surface area contributed by atoms with Gasteiger partial charge in [-0.15, -0.1) is 0 Å². The number of unbranched alkanes of at least 4 members (excludes halogenated alkanes) is 1. The second kappa shape index (κ2) is 7.29. The molecule has 6 N–H and O–H groups in total. The molecule has 2 amide bonds. The van der Waals surface area contributed by atoms with E-state index in [2.05, 4.69) is 10.7 Å². The third-order valence-corrected chi connectivity index (χ3v) is 2.46. The zero-order valence-corrected chi connectivity index (χ0v) is 10.1. The van der Waals surface area contributed by atoms with Gasteiger partial charge >= 0.3 is 0 Å². The van der Waals surface area contributed by atoms with Crippen molar-refractivity contribution in [2.75, 3.05) is 12.0 Å². The van der Waals surface area contributed by atoms with Gasteiger partial charge < -0.3 is 16.5 Å². The summed E-state index contributed by atoms with van der Waals surface area (Å²) < 4.78 is 0. The van der Waals surface area contributed by atoms with E-state index in [0.717, 1.165) is 0 Å². The quantitative estimate of drug-likeness (QED) is 0.318. The van der Waals surface area contributed by atoms with Crippen LogP contribution in [0.25, 0.3) is 0 Å². The highest BCUT2D eigenvalue weighted by Gasteiger charge is 2.08. The lowest BCUT2D eigenvalue weighted by atomic mass is 10.1. The van der Waals surface area contributed by atoms with Gasteiger partial charge in [0.05, 0.1) is 11.3 Å². The zero-order valence-electron chi connectivity index (χ0n) is 10.1. The molecule has 0 aliphatic heterocycles. The van der Waals surface area contributed by atoms with Crippen LogP contribution < -0.4 is 22.3 Å². The molecule has 98 valence electrons. The molecule has 0 radical (unpaired) electrons. The van der Waals surface area contributed by atoms with Crippen molar-refractivity contribution < 1.29 is 9.59 Å². The Hall–Kier alpha value is -2.08. The Kier molecular flexibility index (Phi) is 5.66. The predicted molar refractivity (Wildman–Crippen MR) is 69.6 cm³/mol. The van der Waals surface area contributed by atoms with Crippen LogP contribution in [-0.4, -0.2) is 18.4 Å². The number of hydrogen-bond donors (Lipinski definition) is 4. The Morgan fingerprint density at radius 3 is 2.56 bits per heavy atom. The van der Waals surface area contributed by atoms with Gasteiger partial charge in [-0.3, -0.25) is 15.4 Å². The van der Waals surface area contributed by atoms with Gasteiger partial charge in [0.2, 0.25) is 5.91 Å². The van der Waals surface area contributed by atoms with Gasteiger partial charge in [0, 0.05) is 13.0 Å². The number of carbonyl (C=O) groups is 2. The first-order valence-corrected chi connectivity index (χ1v) is 5.77. The SMILES string of the molecule is NNc1ccccc1C(=O)NCCCCC(N)=O. The Labute approximate surface area is 106 Å². The van der Waals surface area contributed by atoms with Gasteiger partial charge in [-0.1, -0.05) is 12.1 Å². The zero-order chi connectivity index (χ0) is 13.4. The van der Waals surface area contributed by atoms with E-state index in [4.69, 9.17) is 11.6 Å². The van der Waals surface area contributed by atoms with E-state index in [0.29, 0.717) is 37.1 Å². The first kappa shape index (κ1) is 14.0. The lowest BCUT2D eigenvalue weighted by molar-refractivity contribution is -0.118. The molecule has 0 aliphatic rings. The maximum atomic E-state index is 11.8. The molecule has 0 saturated carbocycles. The summed E-state index contributed by atoms with van der Waals surface area (Å²) in [6.07, 6.45) is 1.73. The lowest BCUT2D eigenvalue weighted by Gasteiger charge is -2.09. The van der Waals surface area contributed by atoms with Crippen molar-refractivity contribution in [1.82, 2.24) is 5.32 Å². The van der Waals surface area contributed by atoms with Gasteiger partial charge in [0.15, 0.2) is 0 Å². The number of nitrogens with one attached hydrogen (secondary N) is 2. The number of hydrogen-bond acceptors (Lipinski definition) is 4. The van der Waals surface area contributed by atoms with E-state index >= 15 is 0 Å². The van der Waals surface area contributed by atoms with E-state index in [1.165, 1.54) is 0 Å². The van der Waals surface area contributed by atoms with E-state index in [9.17, 15) is 9.59 Å². The Balaban J connectivity index is 2.38. The van der Waals surface area contributed by atoms with Crippen LogP contribution in [-0.2, 0) is 4.79 Å². The summed E-state index contributed by atoms with van der Waals surface area (Å²) in [6, 6.07) is 6.97. The normalized spacial score (nSPS) is 9.83. The smallest absolute Gasteiger partial charge is 0.253 e. The molecule has 6 heteroatoms. The van der Waals surface area contributed by atoms with Crippen molar-refractivity contribution in [2.45, 2.75) is 19.3 Å². The van der Waals surface area contributed by atoms with E-state index < -0.39 is 0 Å². The third kappa shape index (κ3) is 4.42. The summed E-state index contributed by atoms with van der Waals surface area (Å²) in [6.45, 7) is 0.505. The molecule has 1 rings (SSSR count). The summed E-state index contributed by atoms with van der Waals surface area (Å²) in [5, 5.41) is 2.76. The third-order valence-electron chi connectivity index (χ3n) is 2.46. The molecular weight excluding hydrogens is 232 g/mol. The van der Waals surface area contributed by atoms with Crippen LogP contribution in [0.4, 0.5) is 5.69 Å². The fourth-order valence-electron chi connectivity index (χ4n) is 1.53. The molecule has 0 bridgehead atoms. The van der Waals surface area contributed by atoms with Crippen LogP contribution >= 0.6 is 0 Å². The van der Waals surface area contributed by atoms with Crippen LogP contribution in [0.2, 0.25) is 0 Å². The number of benzene rings is 1. The van der Waals surface area contributed by atoms with Gasteiger partial charge in [0.25, 0.3) is 5.91 Å². The highest BCUT2D eigenvalue weighted by atomic mass is 16.2. The number of carbonyl (C=O) groups excluding carboxylic acids is 2. The van der Waals surface area contributed by atoms with Crippen LogP contribution in [0, 0.1) is 0 Å². The molecule has 0 spiro atoms. The summed E-state index contributed by atoms with van der Waals surface area (Å²) in [5.41, 5.74) is 8.56. The van der Waals surface area contributed by atoms with E-state index in [1.54, 1.807) is 24.3 Å². The molecule has 0 aromatic heterocycles. The Bertz CT molecular complexity index is 420. The largest absolute Gasteiger partial charge is 0.370 e. The molecule has 1 aromatic carbocycles. The van der Waals surface area contributed by atoms with Crippen LogP contribution in [0.1, 0.15) is 29.6 Å². The number of para-hydroxylation sites is 1. The van der Waals surface area contributed by atoms with Crippen molar-refractivity contribution >= 4 is 17.5 Å². The number of rotatable bonds is 7. The number of amides is 2. The van der Waals surface area contributed by atoms with Crippen LogP contribution in [0.15, 0.2) is 24.3 Å². The van der Waals surface area contributed by atoms with Gasteiger partial charge in [-0.05, 0) is 25.0 Å². The fraction of sp³-hybridized carbons (Fsp3) is 0.333. The summed E-state index contributed by atoms with van der Waals surface area (Å²) >= 11 is 0. The number of nitrogen functional groups attached to an aromatic ring is 1. The molecule has 0 atom stereocenters. The second-order valence-electron chi connectivity index (χ2n) is 3.87. The summed E-state index contributed by atoms with van der Waals surface area (Å²) in [7, 11) is 0. The molecule has 0 fully saturated rings. The van der Waals surface area contributed by atoms with Gasteiger partial charge in [-0.2, -0.15) is 0 Å². The highest BCUT2D eigenvalue weighted by Crippen LogP contribution is 2.12. The average Bonchev–Trinajstić information content (AvgIpc) is 2.37. The molecule has 0 unspecified atom stereocenters. The molecule has 1 aromatic rings. The molecule has 0 saturated heterocycles. The molecule has 6 nitrogen and oxygen atoms in total. The van der Waals surface area contributed by atoms with Gasteiger partial charge in [0.1, 0.15) is 0 Å². The topological polar surface area (TPSA) is 110 Å². The first-order chi connectivity index (χ1) is 8.65. The summed E-state index contributed by atoms with van der Waals surface area (Å²) in [4.78, 5) is 22.3. The Morgan fingerprint density at radius 2 is 1.89 bits per heavy atom. The minimum Gasteiger partial charge on any atom is -0.370 e. The lowest BCUT2D eigenvalue weighted by Crippen LogP contribution is -2.26. The minimum absolute atomic E-state index is 0.192. The number of hydrazine groups is 1. The van der Waals surface area contributed by atoms with Crippen molar-refractivity contribution in [3.05, 3.63) is 29.8 Å². The highest BCUT2D eigenvalue weighted by molar-refractivity contribution is 5.99. The van der Waals surface area contributed by atoms with Crippen molar-refractivity contribution in [1.29, 1.82) is 0 Å². The Morgan fingerprint density at radius 1 is 1.17 bits per heavy atom. The van der Waals surface area contributed by atoms with Crippen molar-refractivity contribution in [3.63, 3.8) is 0 Å². The fourth-order valence-corrected chi connectivity index (χ4v) is 1.53. The second-order valence-corrected chi connectivity index (χ2v) is 3.87. The maximum absolute atomic E-state index is 11.8. The summed E-state index contributed by atoms with van der Waals surface area (Å²) in [5.74, 6) is 4.80. The molecule has 0 heterocycles. The monoisotopic (exact) mass is 250 g/mol. The molecular formula is C12H18N4O2. The number of anilines is 1. The van der Waals surface area contributed by atoms with E-state index in [-0.39, 0.29) is 11.8 Å². The van der Waals surface area contributed by atoms with Crippen molar-refractivity contribution in [3.8, 4) is 0 Å². The minimum atomic E-state index is -0.320. The van der Waals surface area contributed by atoms with Gasteiger partial charge in [-0.25, -0.2) is 0 Å². The first-order valence-electron chi connectivity index (χ1n) is 5.77. The maximum Gasteiger partial charge on any atom is 0.253 e. The molecule has 0 aliphatic carbocycles. The predicted octanol–water partition coefficient (Wildman–Crippen LogP) is 0.358. The van der Waals surface area contributed by atoms with Crippen LogP contribution in [0.5, 0.6) is 0 Å². The number of primary amides is 1. The number of nitrogens with two attached hydrogens (primary N) is 2. The van der Waals surface area contributed by atoms with Crippen LogP contribution in [0.3, 0.4) is 0 Å².